The van der Waals surface area contributed by atoms with Crippen LogP contribution in [0.5, 0.6) is 0 Å². The number of rotatable bonds is 2. The van der Waals surface area contributed by atoms with E-state index in [1.54, 1.807) is 6.07 Å². The molecule has 1 aromatic heterocycles. The normalized spacial score (nSPS) is 11.0. The number of aromatic nitrogens is 1. The van der Waals surface area contributed by atoms with Gasteiger partial charge in [0.15, 0.2) is 0 Å². The van der Waals surface area contributed by atoms with Crippen LogP contribution < -0.4 is 0 Å². The third kappa shape index (κ3) is 2.25. The zero-order valence-corrected chi connectivity index (χ0v) is 12.0. The van der Waals surface area contributed by atoms with Crippen LogP contribution in [0.3, 0.4) is 0 Å². The summed E-state index contributed by atoms with van der Waals surface area (Å²) in [4.78, 5) is 15.1. The van der Waals surface area contributed by atoms with Crippen LogP contribution >= 0.6 is 15.9 Å². The van der Waals surface area contributed by atoms with E-state index >= 15 is 0 Å². The highest BCUT2D eigenvalue weighted by Gasteiger charge is 2.23. The molecule has 6 heteroatoms. The van der Waals surface area contributed by atoms with Gasteiger partial charge in [-0.3, -0.25) is 4.79 Å². The first kappa shape index (κ1) is 13.9. The van der Waals surface area contributed by atoms with Crippen molar-refractivity contribution in [1.29, 1.82) is 0 Å². The van der Waals surface area contributed by atoms with Gasteiger partial charge in [0.1, 0.15) is 17.5 Å². The van der Waals surface area contributed by atoms with Gasteiger partial charge in [-0.15, -0.1) is 0 Å². The fourth-order valence-corrected chi connectivity index (χ4v) is 2.62. The molecule has 0 amide bonds. The largest absolute Gasteiger partial charge is 0.360 e. The SMILES string of the molecule is O=C(c1c(F)cc(Br)cc1F)c1c[nH]c2cccc(F)c12. The Morgan fingerprint density at radius 3 is 2.38 bits per heavy atom. The van der Waals surface area contributed by atoms with Crippen LogP contribution in [-0.4, -0.2) is 10.8 Å². The molecular weight excluding hydrogens is 347 g/mol. The summed E-state index contributed by atoms with van der Waals surface area (Å²) < 4.78 is 41.8. The van der Waals surface area contributed by atoms with Crippen LogP contribution in [0.25, 0.3) is 10.9 Å². The number of carbonyl (C=O) groups is 1. The standard InChI is InChI=1S/C15H7BrF3NO/c16-7-4-10(18)14(11(19)5-7)15(21)8-6-20-12-3-1-2-9(17)13(8)12/h1-6,20H. The van der Waals surface area contributed by atoms with E-state index in [0.717, 1.165) is 12.1 Å². The van der Waals surface area contributed by atoms with Crippen molar-refractivity contribution in [2.24, 2.45) is 0 Å². The Bertz CT molecular complexity index is 849. The number of carbonyl (C=O) groups excluding carboxylic acids is 1. The van der Waals surface area contributed by atoms with E-state index in [9.17, 15) is 18.0 Å². The van der Waals surface area contributed by atoms with Crippen molar-refractivity contribution in [1.82, 2.24) is 4.98 Å². The molecule has 1 N–H and O–H groups in total. The predicted molar refractivity (Wildman–Crippen MR) is 75.7 cm³/mol. The summed E-state index contributed by atoms with van der Waals surface area (Å²) in [5.41, 5.74) is -0.429. The Labute approximate surface area is 125 Å². The molecule has 106 valence electrons. The molecule has 0 saturated carbocycles. The first-order valence-electron chi connectivity index (χ1n) is 5.94. The van der Waals surface area contributed by atoms with Gasteiger partial charge in [-0.1, -0.05) is 22.0 Å². The maximum Gasteiger partial charge on any atom is 0.201 e. The number of hydrogen-bond acceptors (Lipinski definition) is 1. The lowest BCUT2D eigenvalue weighted by Crippen LogP contribution is -2.07. The van der Waals surface area contributed by atoms with Gasteiger partial charge in [0, 0.05) is 21.6 Å². The number of halogens is 4. The van der Waals surface area contributed by atoms with Crippen LogP contribution in [0.4, 0.5) is 13.2 Å². The van der Waals surface area contributed by atoms with Crippen molar-refractivity contribution in [2.45, 2.75) is 0 Å². The van der Waals surface area contributed by atoms with Gasteiger partial charge < -0.3 is 4.98 Å². The average Bonchev–Trinajstić information content (AvgIpc) is 2.82. The highest BCUT2D eigenvalue weighted by atomic mass is 79.9. The first-order chi connectivity index (χ1) is 9.99. The van der Waals surface area contributed by atoms with Crippen LogP contribution in [-0.2, 0) is 0 Å². The summed E-state index contributed by atoms with van der Waals surface area (Å²) in [7, 11) is 0. The summed E-state index contributed by atoms with van der Waals surface area (Å²) in [6, 6.07) is 6.21. The van der Waals surface area contributed by atoms with Crippen LogP contribution in [0.1, 0.15) is 15.9 Å². The minimum absolute atomic E-state index is 0.0178. The monoisotopic (exact) mass is 353 g/mol. The smallest absolute Gasteiger partial charge is 0.201 e. The molecule has 3 aromatic rings. The number of fused-ring (bicyclic) bond motifs is 1. The van der Waals surface area contributed by atoms with Crippen molar-refractivity contribution in [3.63, 3.8) is 0 Å². The van der Waals surface area contributed by atoms with Gasteiger partial charge in [0.05, 0.1) is 11.1 Å². The molecule has 0 bridgehead atoms. The molecule has 0 aliphatic carbocycles. The Kier molecular flexibility index (Phi) is 3.33. The van der Waals surface area contributed by atoms with Gasteiger partial charge in [0.2, 0.25) is 5.78 Å². The summed E-state index contributed by atoms with van der Waals surface area (Å²) in [5.74, 6) is -3.54. The van der Waals surface area contributed by atoms with E-state index in [4.69, 9.17) is 0 Å². The molecule has 3 rings (SSSR count). The Hall–Kier alpha value is -2.08. The molecule has 0 aliphatic rings. The number of H-pyrrole nitrogens is 1. The van der Waals surface area contributed by atoms with Crippen molar-refractivity contribution >= 4 is 32.6 Å². The lowest BCUT2D eigenvalue weighted by Gasteiger charge is -2.05. The molecule has 0 unspecified atom stereocenters. The molecule has 0 radical (unpaired) electrons. The summed E-state index contributed by atoms with van der Waals surface area (Å²) >= 11 is 2.94. The van der Waals surface area contributed by atoms with Crippen LogP contribution in [0, 0.1) is 17.5 Å². The minimum atomic E-state index is -1.00. The third-order valence-electron chi connectivity index (χ3n) is 3.13. The Balaban J connectivity index is 2.23. The molecule has 21 heavy (non-hydrogen) atoms. The van der Waals surface area contributed by atoms with Crippen molar-refractivity contribution in [2.75, 3.05) is 0 Å². The van der Waals surface area contributed by atoms with Gasteiger partial charge >= 0.3 is 0 Å². The molecule has 0 fully saturated rings. The van der Waals surface area contributed by atoms with Crippen LogP contribution in [0.2, 0.25) is 0 Å². The van der Waals surface area contributed by atoms with E-state index in [2.05, 4.69) is 20.9 Å². The van der Waals surface area contributed by atoms with Gasteiger partial charge in [-0.2, -0.15) is 0 Å². The fourth-order valence-electron chi connectivity index (χ4n) is 2.21. The minimum Gasteiger partial charge on any atom is -0.360 e. The van der Waals surface area contributed by atoms with E-state index in [1.807, 2.05) is 0 Å². The molecular formula is C15H7BrF3NO. The summed E-state index contributed by atoms with van der Waals surface area (Å²) in [5, 5.41) is 0.0178. The van der Waals surface area contributed by atoms with Crippen molar-refractivity contribution in [3.05, 3.63) is 69.6 Å². The third-order valence-corrected chi connectivity index (χ3v) is 3.59. The highest BCUT2D eigenvalue weighted by Crippen LogP contribution is 2.27. The van der Waals surface area contributed by atoms with E-state index < -0.39 is 28.8 Å². The number of benzene rings is 2. The first-order valence-corrected chi connectivity index (χ1v) is 6.73. The second-order valence-corrected chi connectivity index (χ2v) is 5.35. The van der Waals surface area contributed by atoms with Gasteiger partial charge in [-0.05, 0) is 24.3 Å². The maximum absolute atomic E-state index is 13.9. The van der Waals surface area contributed by atoms with E-state index in [0.29, 0.717) is 5.52 Å². The highest BCUT2D eigenvalue weighted by molar-refractivity contribution is 9.10. The molecule has 1 heterocycles. The summed E-state index contributed by atoms with van der Waals surface area (Å²) in [6.45, 7) is 0. The fraction of sp³-hybridized carbons (Fsp3) is 0. The number of hydrogen-bond donors (Lipinski definition) is 1. The summed E-state index contributed by atoms with van der Waals surface area (Å²) in [6.07, 6.45) is 1.25. The molecule has 0 spiro atoms. The Morgan fingerprint density at radius 2 is 1.71 bits per heavy atom. The number of ketones is 1. The van der Waals surface area contributed by atoms with E-state index in [1.165, 1.54) is 18.3 Å². The van der Waals surface area contributed by atoms with E-state index in [-0.39, 0.29) is 15.4 Å². The lowest BCUT2D eigenvalue weighted by molar-refractivity contribution is 0.103. The second-order valence-electron chi connectivity index (χ2n) is 4.44. The predicted octanol–water partition coefficient (Wildman–Crippen LogP) is 4.58. The maximum atomic E-state index is 13.9. The average molecular weight is 354 g/mol. The Morgan fingerprint density at radius 1 is 1.05 bits per heavy atom. The van der Waals surface area contributed by atoms with Gasteiger partial charge in [-0.25, -0.2) is 13.2 Å². The molecule has 2 nitrogen and oxygen atoms in total. The number of nitrogens with one attached hydrogen (secondary N) is 1. The molecule has 0 atom stereocenters. The molecule has 0 aliphatic heterocycles. The van der Waals surface area contributed by atoms with Gasteiger partial charge in [0.25, 0.3) is 0 Å². The zero-order valence-electron chi connectivity index (χ0n) is 10.4. The topological polar surface area (TPSA) is 32.9 Å². The number of aromatic amines is 1. The van der Waals surface area contributed by atoms with Crippen molar-refractivity contribution in [3.8, 4) is 0 Å². The lowest BCUT2D eigenvalue weighted by atomic mass is 10.0. The van der Waals surface area contributed by atoms with Crippen molar-refractivity contribution < 1.29 is 18.0 Å². The molecule has 0 saturated heterocycles. The zero-order chi connectivity index (χ0) is 15.1. The second kappa shape index (κ2) is 5.04. The molecule has 2 aromatic carbocycles. The quantitative estimate of drug-likeness (QED) is 0.672. The van der Waals surface area contributed by atoms with Crippen LogP contribution in [0.15, 0.2) is 41.0 Å².